The van der Waals surface area contributed by atoms with Gasteiger partial charge in [0.15, 0.2) is 0 Å². The van der Waals surface area contributed by atoms with Gasteiger partial charge >= 0.3 is 0 Å². The number of nitrogens with one attached hydrogen (secondary N) is 1. The first kappa shape index (κ1) is 20.6. The molecular formula is C23H24BrN3O3. The van der Waals surface area contributed by atoms with Gasteiger partial charge in [0, 0.05) is 42.1 Å². The first-order chi connectivity index (χ1) is 14.5. The zero-order valence-electron chi connectivity index (χ0n) is 16.6. The fraction of sp³-hybridized carbons (Fsp3) is 0.348. The Morgan fingerprint density at radius 3 is 2.30 bits per heavy atom. The number of nitrogens with zero attached hydrogens (tertiary/aromatic N) is 2. The van der Waals surface area contributed by atoms with E-state index in [0.717, 1.165) is 15.8 Å². The number of hydrogen-bond donors (Lipinski definition) is 1. The second kappa shape index (κ2) is 9.00. The van der Waals surface area contributed by atoms with Crippen LogP contribution in [-0.4, -0.2) is 42.3 Å². The maximum absolute atomic E-state index is 13.0. The molecule has 156 valence electrons. The maximum atomic E-state index is 13.0. The Hall–Kier alpha value is -2.67. The average molecular weight is 470 g/mol. The SMILES string of the molecule is O=C(Nc1ccccc1)C1CCN(C(=O)C2CC(=O)N(c3ccccc3Br)C2)CC1. The van der Waals surface area contributed by atoms with Crippen molar-refractivity contribution in [1.82, 2.24) is 4.90 Å². The van der Waals surface area contributed by atoms with Crippen molar-refractivity contribution in [2.75, 3.05) is 29.9 Å². The van der Waals surface area contributed by atoms with Gasteiger partial charge in [-0.15, -0.1) is 0 Å². The van der Waals surface area contributed by atoms with Gasteiger partial charge in [-0.3, -0.25) is 14.4 Å². The summed E-state index contributed by atoms with van der Waals surface area (Å²) in [6.07, 6.45) is 1.51. The van der Waals surface area contributed by atoms with Crippen molar-refractivity contribution in [3.63, 3.8) is 0 Å². The standard InChI is InChI=1S/C23H24BrN3O3/c24-19-8-4-5-9-20(19)27-15-17(14-21(27)28)23(30)26-12-10-16(11-13-26)22(29)25-18-6-2-1-3-7-18/h1-9,16-17H,10-15H2,(H,25,29). The highest BCUT2D eigenvalue weighted by molar-refractivity contribution is 9.10. The maximum Gasteiger partial charge on any atom is 0.228 e. The molecule has 0 saturated carbocycles. The lowest BCUT2D eigenvalue weighted by Crippen LogP contribution is -2.44. The van der Waals surface area contributed by atoms with Gasteiger partial charge in [0.25, 0.3) is 0 Å². The molecule has 2 heterocycles. The number of rotatable bonds is 4. The van der Waals surface area contributed by atoms with E-state index < -0.39 is 0 Å². The normalized spacial score (nSPS) is 19.8. The Balaban J connectivity index is 1.32. The molecule has 2 aromatic carbocycles. The highest BCUT2D eigenvalue weighted by Gasteiger charge is 2.39. The zero-order chi connectivity index (χ0) is 21.1. The number of piperidine rings is 1. The number of carbonyl (C=O) groups excluding carboxylic acids is 3. The summed E-state index contributed by atoms with van der Waals surface area (Å²) >= 11 is 3.48. The van der Waals surface area contributed by atoms with Crippen LogP contribution >= 0.6 is 15.9 Å². The van der Waals surface area contributed by atoms with E-state index in [9.17, 15) is 14.4 Å². The molecule has 2 aliphatic rings. The molecule has 0 spiro atoms. The predicted molar refractivity (Wildman–Crippen MR) is 119 cm³/mol. The Morgan fingerprint density at radius 1 is 0.933 bits per heavy atom. The number of likely N-dealkylation sites (tertiary alicyclic amines) is 1. The fourth-order valence-corrected chi connectivity index (χ4v) is 4.66. The molecule has 2 fully saturated rings. The molecule has 3 amide bonds. The van der Waals surface area contributed by atoms with Crippen LogP contribution in [0.5, 0.6) is 0 Å². The summed E-state index contributed by atoms with van der Waals surface area (Å²) in [4.78, 5) is 41.5. The number of anilines is 2. The van der Waals surface area contributed by atoms with Gasteiger partial charge in [-0.2, -0.15) is 0 Å². The monoisotopic (exact) mass is 469 g/mol. The molecular weight excluding hydrogens is 446 g/mol. The summed E-state index contributed by atoms with van der Waals surface area (Å²) in [5, 5.41) is 2.95. The molecule has 30 heavy (non-hydrogen) atoms. The van der Waals surface area contributed by atoms with Gasteiger partial charge in [0.1, 0.15) is 0 Å². The number of halogens is 1. The van der Waals surface area contributed by atoms with Crippen LogP contribution in [0, 0.1) is 11.8 Å². The van der Waals surface area contributed by atoms with E-state index in [4.69, 9.17) is 0 Å². The number of carbonyl (C=O) groups is 3. The summed E-state index contributed by atoms with van der Waals surface area (Å²) < 4.78 is 0.844. The number of benzene rings is 2. The van der Waals surface area contributed by atoms with Crippen molar-refractivity contribution in [2.45, 2.75) is 19.3 Å². The summed E-state index contributed by atoms with van der Waals surface area (Å²) in [6.45, 7) is 1.49. The van der Waals surface area contributed by atoms with Gasteiger partial charge in [0.05, 0.1) is 11.6 Å². The fourth-order valence-electron chi connectivity index (χ4n) is 4.16. The minimum absolute atomic E-state index is 0.00412. The summed E-state index contributed by atoms with van der Waals surface area (Å²) in [7, 11) is 0. The van der Waals surface area contributed by atoms with Gasteiger partial charge in [-0.1, -0.05) is 30.3 Å². The third kappa shape index (κ3) is 4.41. The average Bonchev–Trinajstić information content (AvgIpc) is 3.15. The molecule has 2 aromatic rings. The third-order valence-corrected chi connectivity index (χ3v) is 6.51. The molecule has 0 aromatic heterocycles. The molecule has 1 unspecified atom stereocenters. The van der Waals surface area contributed by atoms with Crippen molar-refractivity contribution in [2.24, 2.45) is 11.8 Å². The van der Waals surface area contributed by atoms with E-state index in [1.54, 1.807) is 4.90 Å². The second-order valence-corrected chi connectivity index (χ2v) is 8.67. The van der Waals surface area contributed by atoms with E-state index in [2.05, 4.69) is 21.2 Å². The molecule has 1 N–H and O–H groups in total. The van der Waals surface area contributed by atoms with Gasteiger partial charge < -0.3 is 15.1 Å². The topological polar surface area (TPSA) is 69.7 Å². The van der Waals surface area contributed by atoms with E-state index in [0.29, 0.717) is 32.5 Å². The molecule has 0 aliphatic carbocycles. The number of para-hydroxylation sites is 2. The summed E-state index contributed by atoms with van der Waals surface area (Å²) in [5.41, 5.74) is 1.59. The highest BCUT2D eigenvalue weighted by atomic mass is 79.9. The smallest absolute Gasteiger partial charge is 0.228 e. The van der Waals surface area contributed by atoms with E-state index in [1.807, 2.05) is 59.5 Å². The van der Waals surface area contributed by atoms with Gasteiger partial charge in [-0.05, 0) is 53.0 Å². The van der Waals surface area contributed by atoms with Crippen molar-refractivity contribution in [3.05, 3.63) is 59.1 Å². The zero-order valence-corrected chi connectivity index (χ0v) is 18.2. The van der Waals surface area contributed by atoms with Crippen molar-refractivity contribution in [3.8, 4) is 0 Å². The van der Waals surface area contributed by atoms with Crippen LogP contribution < -0.4 is 10.2 Å². The quantitative estimate of drug-likeness (QED) is 0.742. The van der Waals surface area contributed by atoms with Crippen LogP contribution in [-0.2, 0) is 14.4 Å². The van der Waals surface area contributed by atoms with E-state index >= 15 is 0 Å². The van der Waals surface area contributed by atoms with Crippen molar-refractivity contribution >= 4 is 45.0 Å². The second-order valence-electron chi connectivity index (χ2n) is 7.81. The molecule has 2 saturated heterocycles. The van der Waals surface area contributed by atoms with Crippen LogP contribution in [0.2, 0.25) is 0 Å². The number of hydrogen-bond acceptors (Lipinski definition) is 3. The van der Waals surface area contributed by atoms with Crippen molar-refractivity contribution < 1.29 is 14.4 Å². The Kier molecular flexibility index (Phi) is 6.18. The lowest BCUT2D eigenvalue weighted by atomic mass is 9.94. The van der Waals surface area contributed by atoms with Crippen LogP contribution in [0.25, 0.3) is 0 Å². The van der Waals surface area contributed by atoms with Gasteiger partial charge in [-0.25, -0.2) is 0 Å². The largest absolute Gasteiger partial charge is 0.342 e. The Morgan fingerprint density at radius 2 is 1.60 bits per heavy atom. The van der Waals surface area contributed by atoms with Crippen LogP contribution in [0.4, 0.5) is 11.4 Å². The predicted octanol–water partition coefficient (Wildman–Crippen LogP) is 3.68. The third-order valence-electron chi connectivity index (χ3n) is 5.84. The molecule has 4 rings (SSSR count). The van der Waals surface area contributed by atoms with Gasteiger partial charge in [0.2, 0.25) is 17.7 Å². The van der Waals surface area contributed by atoms with Crippen LogP contribution in [0.15, 0.2) is 59.1 Å². The first-order valence-electron chi connectivity index (χ1n) is 10.2. The number of amides is 3. The molecule has 0 bridgehead atoms. The highest BCUT2D eigenvalue weighted by Crippen LogP contribution is 2.32. The summed E-state index contributed by atoms with van der Waals surface area (Å²) in [5.74, 6) is -0.447. The molecule has 6 nitrogen and oxygen atoms in total. The minimum Gasteiger partial charge on any atom is -0.342 e. The lowest BCUT2D eigenvalue weighted by Gasteiger charge is -2.33. The van der Waals surface area contributed by atoms with Crippen LogP contribution in [0.3, 0.4) is 0 Å². The minimum atomic E-state index is -0.334. The molecule has 1 atom stereocenters. The van der Waals surface area contributed by atoms with Crippen molar-refractivity contribution in [1.29, 1.82) is 0 Å². The van der Waals surface area contributed by atoms with Crippen LogP contribution in [0.1, 0.15) is 19.3 Å². The summed E-state index contributed by atoms with van der Waals surface area (Å²) in [6, 6.07) is 17.0. The molecule has 7 heteroatoms. The Labute approximate surface area is 184 Å². The first-order valence-corrected chi connectivity index (χ1v) is 11.0. The lowest BCUT2D eigenvalue weighted by molar-refractivity contribution is -0.138. The molecule has 0 radical (unpaired) electrons. The van der Waals surface area contributed by atoms with E-state index in [-0.39, 0.29) is 36.0 Å². The Bertz CT molecular complexity index is 942. The van der Waals surface area contributed by atoms with E-state index in [1.165, 1.54) is 0 Å². The molecule has 2 aliphatic heterocycles.